The summed E-state index contributed by atoms with van der Waals surface area (Å²) in [6.45, 7) is 4.29. The number of amides is 1. The highest BCUT2D eigenvalue weighted by Gasteiger charge is 2.22. The lowest BCUT2D eigenvalue weighted by Crippen LogP contribution is -2.25. The third-order valence-electron chi connectivity index (χ3n) is 3.47. The summed E-state index contributed by atoms with van der Waals surface area (Å²) >= 11 is 0. The van der Waals surface area contributed by atoms with Crippen molar-refractivity contribution in [1.82, 2.24) is 10.3 Å². The van der Waals surface area contributed by atoms with E-state index in [0.717, 1.165) is 5.56 Å². The van der Waals surface area contributed by atoms with Crippen LogP contribution in [0.3, 0.4) is 0 Å². The Morgan fingerprint density at radius 3 is 2.64 bits per heavy atom. The zero-order valence-electron chi connectivity index (χ0n) is 14.6. The number of oxazole rings is 1. The average molecular weight is 342 g/mol. The molecule has 0 bridgehead atoms. The molecule has 2 rings (SSSR count). The molecule has 0 fully saturated rings. The fourth-order valence-electron chi connectivity index (χ4n) is 2.19. The predicted molar refractivity (Wildman–Crippen MR) is 94.1 cm³/mol. The van der Waals surface area contributed by atoms with Crippen molar-refractivity contribution >= 4 is 11.9 Å². The van der Waals surface area contributed by atoms with Crippen molar-refractivity contribution in [3.63, 3.8) is 0 Å². The first-order chi connectivity index (χ1) is 12.0. The number of hydrogen-bond acceptors (Lipinski definition) is 5. The van der Waals surface area contributed by atoms with Gasteiger partial charge in [-0.3, -0.25) is 4.79 Å². The van der Waals surface area contributed by atoms with E-state index in [1.54, 1.807) is 6.08 Å². The van der Waals surface area contributed by atoms with Gasteiger partial charge in [-0.05, 0) is 18.6 Å². The minimum Gasteiger partial charge on any atom is -0.466 e. The summed E-state index contributed by atoms with van der Waals surface area (Å²) < 4.78 is 10.3. The van der Waals surface area contributed by atoms with Gasteiger partial charge in [0.15, 0.2) is 5.69 Å². The van der Waals surface area contributed by atoms with E-state index in [9.17, 15) is 9.59 Å². The Bertz CT molecular complexity index is 748. The third kappa shape index (κ3) is 5.04. The molecule has 6 nitrogen and oxygen atoms in total. The number of carbonyl (C=O) groups is 2. The molecular weight excluding hydrogens is 320 g/mol. The molecule has 0 atom stereocenters. The normalized spacial score (nSPS) is 11.0. The van der Waals surface area contributed by atoms with Crippen molar-refractivity contribution in [3.8, 4) is 11.5 Å². The molecule has 0 saturated carbocycles. The Labute approximate surface area is 146 Å². The van der Waals surface area contributed by atoms with Gasteiger partial charge in [0.25, 0.3) is 5.91 Å². The standard InChI is InChI=1S/C19H22N2O4/c1-13(2)17-16(18(23)20-12-8-7-11-15(22)24-3)21-19(25-17)14-9-5-4-6-10-14/h4-7,9-11,13H,8,12H2,1-3H3,(H,20,23)/b11-7+. The Kier molecular flexibility index (Phi) is 6.51. The van der Waals surface area contributed by atoms with Crippen molar-refractivity contribution in [2.75, 3.05) is 13.7 Å². The monoisotopic (exact) mass is 342 g/mol. The second-order valence-electron chi connectivity index (χ2n) is 5.72. The number of aromatic nitrogens is 1. The van der Waals surface area contributed by atoms with Gasteiger partial charge < -0.3 is 14.5 Å². The van der Waals surface area contributed by atoms with Crippen LogP contribution in [0.5, 0.6) is 0 Å². The van der Waals surface area contributed by atoms with Crippen LogP contribution in [0.25, 0.3) is 11.5 Å². The third-order valence-corrected chi connectivity index (χ3v) is 3.47. The molecule has 1 N–H and O–H groups in total. The second kappa shape index (κ2) is 8.82. The lowest BCUT2D eigenvalue weighted by molar-refractivity contribution is -0.134. The van der Waals surface area contributed by atoms with Gasteiger partial charge >= 0.3 is 5.97 Å². The molecule has 132 valence electrons. The van der Waals surface area contributed by atoms with Crippen LogP contribution in [-0.4, -0.2) is 30.5 Å². The van der Waals surface area contributed by atoms with Crippen LogP contribution in [0.2, 0.25) is 0 Å². The molecule has 6 heteroatoms. The first-order valence-corrected chi connectivity index (χ1v) is 8.11. The van der Waals surface area contributed by atoms with E-state index in [0.29, 0.717) is 30.3 Å². The van der Waals surface area contributed by atoms with Crippen LogP contribution in [0.4, 0.5) is 0 Å². The molecular formula is C19H22N2O4. The van der Waals surface area contributed by atoms with Crippen molar-refractivity contribution in [2.45, 2.75) is 26.2 Å². The number of benzene rings is 1. The molecule has 1 aromatic carbocycles. The molecule has 0 unspecified atom stereocenters. The molecule has 0 saturated heterocycles. The maximum atomic E-state index is 12.4. The smallest absolute Gasteiger partial charge is 0.330 e. The molecule has 1 amide bonds. The van der Waals surface area contributed by atoms with E-state index < -0.39 is 5.97 Å². The van der Waals surface area contributed by atoms with Gasteiger partial charge in [0.1, 0.15) is 5.76 Å². The number of nitrogens with one attached hydrogen (secondary N) is 1. The zero-order chi connectivity index (χ0) is 18.2. The summed E-state index contributed by atoms with van der Waals surface area (Å²) in [5, 5.41) is 2.79. The molecule has 1 aromatic heterocycles. The number of rotatable bonds is 7. The van der Waals surface area contributed by atoms with E-state index in [2.05, 4.69) is 15.0 Å². The number of hydrogen-bond donors (Lipinski definition) is 1. The van der Waals surface area contributed by atoms with E-state index in [1.165, 1.54) is 13.2 Å². The van der Waals surface area contributed by atoms with Crippen LogP contribution >= 0.6 is 0 Å². The van der Waals surface area contributed by atoms with Gasteiger partial charge in [0.2, 0.25) is 5.89 Å². The first kappa shape index (κ1) is 18.4. The van der Waals surface area contributed by atoms with Crippen LogP contribution in [0.1, 0.15) is 42.4 Å². The van der Waals surface area contributed by atoms with E-state index >= 15 is 0 Å². The maximum absolute atomic E-state index is 12.4. The predicted octanol–water partition coefficient (Wildman–Crippen LogP) is 3.31. The molecule has 0 aliphatic heterocycles. The highest BCUT2D eigenvalue weighted by molar-refractivity contribution is 5.94. The molecule has 0 spiro atoms. The van der Waals surface area contributed by atoms with Crippen LogP contribution < -0.4 is 5.32 Å². The minimum absolute atomic E-state index is 0.0323. The SMILES string of the molecule is COC(=O)/C=C/CCNC(=O)c1nc(-c2ccccc2)oc1C(C)C. The molecule has 0 radical (unpaired) electrons. The Hall–Kier alpha value is -2.89. The number of ether oxygens (including phenoxy) is 1. The van der Waals surface area contributed by atoms with Crippen molar-refractivity contribution < 1.29 is 18.7 Å². The topological polar surface area (TPSA) is 81.4 Å². The largest absolute Gasteiger partial charge is 0.466 e. The van der Waals surface area contributed by atoms with Gasteiger partial charge in [0, 0.05) is 24.1 Å². The van der Waals surface area contributed by atoms with Gasteiger partial charge in [-0.25, -0.2) is 9.78 Å². The molecule has 2 aromatic rings. The van der Waals surface area contributed by atoms with Gasteiger partial charge in [-0.2, -0.15) is 0 Å². The summed E-state index contributed by atoms with van der Waals surface area (Å²) in [5.74, 6) is 0.310. The average Bonchev–Trinajstić information content (AvgIpc) is 3.07. The second-order valence-corrected chi connectivity index (χ2v) is 5.72. The molecule has 0 aliphatic rings. The first-order valence-electron chi connectivity index (χ1n) is 8.11. The van der Waals surface area contributed by atoms with Crippen molar-refractivity contribution in [2.24, 2.45) is 0 Å². The van der Waals surface area contributed by atoms with Crippen molar-refractivity contribution in [1.29, 1.82) is 0 Å². The Balaban J connectivity index is 2.07. The molecule has 0 aliphatic carbocycles. The lowest BCUT2D eigenvalue weighted by atomic mass is 10.1. The van der Waals surface area contributed by atoms with Crippen LogP contribution in [-0.2, 0) is 9.53 Å². The highest BCUT2D eigenvalue weighted by atomic mass is 16.5. The summed E-state index contributed by atoms with van der Waals surface area (Å²) in [6, 6.07) is 9.46. The fraction of sp³-hybridized carbons (Fsp3) is 0.316. The summed E-state index contributed by atoms with van der Waals surface area (Å²) in [4.78, 5) is 27.8. The summed E-state index contributed by atoms with van der Waals surface area (Å²) in [5.41, 5.74) is 1.12. The number of carbonyl (C=O) groups excluding carboxylic acids is 2. The minimum atomic E-state index is -0.419. The number of methoxy groups -OCH3 is 1. The van der Waals surface area contributed by atoms with Crippen LogP contribution in [0, 0.1) is 0 Å². The van der Waals surface area contributed by atoms with E-state index in [-0.39, 0.29) is 11.8 Å². The fourth-order valence-corrected chi connectivity index (χ4v) is 2.19. The Morgan fingerprint density at radius 2 is 2.00 bits per heavy atom. The quantitative estimate of drug-likeness (QED) is 0.474. The number of esters is 1. The van der Waals surface area contributed by atoms with Gasteiger partial charge in [-0.15, -0.1) is 0 Å². The lowest BCUT2D eigenvalue weighted by Gasteiger charge is -2.04. The van der Waals surface area contributed by atoms with Crippen LogP contribution in [0.15, 0.2) is 46.9 Å². The summed E-state index contributed by atoms with van der Waals surface area (Å²) in [7, 11) is 1.32. The summed E-state index contributed by atoms with van der Waals surface area (Å²) in [6.07, 6.45) is 3.49. The van der Waals surface area contributed by atoms with Gasteiger partial charge in [-0.1, -0.05) is 38.1 Å². The number of nitrogens with zero attached hydrogens (tertiary/aromatic N) is 1. The van der Waals surface area contributed by atoms with Crippen molar-refractivity contribution in [3.05, 3.63) is 53.9 Å². The zero-order valence-corrected chi connectivity index (χ0v) is 14.6. The molecule has 25 heavy (non-hydrogen) atoms. The van der Waals surface area contributed by atoms with Gasteiger partial charge in [0.05, 0.1) is 7.11 Å². The maximum Gasteiger partial charge on any atom is 0.330 e. The Morgan fingerprint density at radius 1 is 1.28 bits per heavy atom. The molecule has 1 heterocycles. The van der Waals surface area contributed by atoms with E-state index in [4.69, 9.17) is 4.42 Å². The van der Waals surface area contributed by atoms with E-state index in [1.807, 2.05) is 44.2 Å². The highest BCUT2D eigenvalue weighted by Crippen LogP contribution is 2.26.